The van der Waals surface area contributed by atoms with Crippen LogP contribution >= 0.6 is 0 Å². The summed E-state index contributed by atoms with van der Waals surface area (Å²) in [6.07, 6.45) is 0.530. The number of hydrogen-bond acceptors (Lipinski definition) is 4. The number of nitrogens with one attached hydrogen (secondary N) is 1. The fourth-order valence-electron chi connectivity index (χ4n) is 1.80. The Kier molecular flexibility index (Phi) is 5.19. The topological polar surface area (TPSA) is 88.8 Å². The summed E-state index contributed by atoms with van der Waals surface area (Å²) >= 11 is 0. The Bertz CT molecular complexity index is 645. The van der Waals surface area contributed by atoms with Gasteiger partial charge in [-0.1, -0.05) is 0 Å². The van der Waals surface area contributed by atoms with Gasteiger partial charge in [0.2, 0.25) is 0 Å². The first kappa shape index (κ1) is 15.6. The molecule has 6 heteroatoms. The number of carboxylic acid groups (broad SMARTS) is 1. The monoisotopic (exact) mass is 303 g/mol. The highest BCUT2D eigenvalue weighted by molar-refractivity contribution is 6.02. The van der Waals surface area contributed by atoms with Gasteiger partial charge in [-0.25, -0.2) is 0 Å². The molecule has 6 nitrogen and oxygen atoms in total. The summed E-state index contributed by atoms with van der Waals surface area (Å²) in [7, 11) is 0. The van der Waals surface area contributed by atoms with Gasteiger partial charge in [-0.05, 0) is 49.7 Å². The zero-order valence-corrected chi connectivity index (χ0v) is 12.2. The molecule has 0 aliphatic rings. The average molecular weight is 303 g/mol. The Hall–Kier alpha value is -2.76. The molecule has 22 heavy (non-hydrogen) atoms. The molecule has 0 atom stereocenters. The minimum absolute atomic E-state index is 0.0801. The Morgan fingerprint density at radius 1 is 1.18 bits per heavy atom. The van der Waals surface area contributed by atoms with Gasteiger partial charge in [0.15, 0.2) is 5.76 Å². The Labute approximate surface area is 127 Å². The number of rotatable bonds is 7. The zero-order valence-electron chi connectivity index (χ0n) is 12.2. The molecule has 1 aromatic heterocycles. The molecule has 116 valence electrons. The molecule has 0 aliphatic carbocycles. The summed E-state index contributed by atoms with van der Waals surface area (Å²) in [5, 5.41) is 11.2. The van der Waals surface area contributed by atoms with Gasteiger partial charge < -0.3 is 19.6 Å². The van der Waals surface area contributed by atoms with Gasteiger partial charge in [-0.3, -0.25) is 9.59 Å². The number of furan rings is 1. The third kappa shape index (κ3) is 4.66. The van der Waals surface area contributed by atoms with Crippen LogP contribution in [0.5, 0.6) is 5.75 Å². The highest BCUT2D eigenvalue weighted by Crippen LogP contribution is 2.17. The minimum Gasteiger partial charge on any atom is -0.494 e. The smallest absolute Gasteiger partial charge is 0.303 e. The predicted octanol–water partition coefficient (Wildman–Crippen LogP) is 3.08. The predicted molar refractivity (Wildman–Crippen MR) is 80.2 cm³/mol. The second kappa shape index (κ2) is 7.31. The van der Waals surface area contributed by atoms with E-state index < -0.39 is 5.97 Å². The molecule has 0 radical (unpaired) electrons. The third-order valence-corrected chi connectivity index (χ3v) is 2.88. The van der Waals surface area contributed by atoms with Crippen LogP contribution < -0.4 is 10.1 Å². The van der Waals surface area contributed by atoms with Crippen LogP contribution in [0.2, 0.25) is 0 Å². The first-order valence-electron chi connectivity index (χ1n) is 6.87. The lowest BCUT2D eigenvalue weighted by atomic mass is 10.3. The molecule has 2 rings (SSSR count). The molecule has 2 N–H and O–H groups in total. The highest BCUT2D eigenvalue weighted by Gasteiger charge is 2.10. The van der Waals surface area contributed by atoms with Crippen molar-refractivity contribution in [3.63, 3.8) is 0 Å². The molecular weight excluding hydrogens is 286 g/mol. The van der Waals surface area contributed by atoms with Crippen LogP contribution in [0.1, 0.15) is 29.2 Å². The van der Waals surface area contributed by atoms with E-state index >= 15 is 0 Å². The van der Waals surface area contributed by atoms with Gasteiger partial charge in [-0.2, -0.15) is 0 Å². The van der Waals surface area contributed by atoms with E-state index in [1.54, 1.807) is 43.3 Å². The second-order valence-corrected chi connectivity index (χ2v) is 4.73. The molecule has 1 amide bonds. The van der Waals surface area contributed by atoms with Crippen LogP contribution in [0, 0.1) is 6.92 Å². The summed E-state index contributed by atoms with van der Waals surface area (Å²) < 4.78 is 10.7. The molecule has 0 saturated heterocycles. The largest absolute Gasteiger partial charge is 0.494 e. The maximum absolute atomic E-state index is 11.9. The van der Waals surface area contributed by atoms with Crippen LogP contribution in [-0.2, 0) is 4.79 Å². The molecule has 0 unspecified atom stereocenters. The summed E-state index contributed by atoms with van der Waals surface area (Å²) in [4.78, 5) is 22.3. The highest BCUT2D eigenvalue weighted by atomic mass is 16.5. The lowest BCUT2D eigenvalue weighted by molar-refractivity contribution is -0.137. The molecule has 1 aromatic carbocycles. The van der Waals surface area contributed by atoms with Gasteiger partial charge in [0, 0.05) is 12.1 Å². The van der Waals surface area contributed by atoms with Gasteiger partial charge in [0.1, 0.15) is 11.5 Å². The Morgan fingerprint density at radius 2 is 1.91 bits per heavy atom. The summed E-state index contributed by atoms with van der Waals surface area (Å²) in [6, 6.07) is 10.2. The summed E-state index contributed by atoms with van der Waals surface area (Å²) in [5.74, 6) is 0.400. The maximum atomic E-state index is 11.9. The number of carbonyl (C=O) groups is 2. The number of amides is 1. The van der Waals surface area contributed by atoms with Crippen molar-refractivity contribution in [2.24, 2.45) is 0 Å². The van der Waals surface area contributed by atoms with Crippen LogP contribution in [0.15, 0.2) is 40.8 Å². The van der Waals surface area contributed by atoms with Gasteiger partial charge >= 0.3 is 5.97 Å². The molecular formula is C16H17NO5. The van der Waals surface area contributed by atoms with E-state index in [2.05, 4.69) is 5.32 Å². The van der Waals surface area contributed by atoms with Gasteiger partial charge in [0.05, 0.1) is 6.61 Å². The number of aryl methyl sites for hydroxylation is 1. The van der Waals surface area contributed by atoms with Gasteiger partial charge in [-0.15, -0.1) is 0 Å². The first-order valence-corrected chi connectivity index (χ1v) is 6.87. The van der Waals surface area contributed by atoms with E-state index in [0.29, 0.717) is 30.2 Å². The molecule has 2 aromatic rings. The lowest BCUT2D eigenvalue weighted by Gasteiger charge is -2.07. The maximum Gasteiger partial charge on any atom is 0.303 e. The molecule has 0 spiro atoms. The van der Waals surface area contributed by atoms with Crippen LogP contribution in [0.3, 0.4) is 0 Å². The lowest BCUT2D eigenvalue weighted by Crippen LogP contribution is -2.10. The number of carbonyl (C=O) groups excluding carboxylic acids is 1. The zero-order chi connectivity index (χ0) is 15.9. The second-order valence-electron chi connectivity index (χ2n) is 4.73. The summed E-state index contributed by atoms with van der Waals surface area (Å²) in [6.45, 7) is 2.11. The normalized spacial score (nSPS) is 10.2. The van der Waals surface area contributed by atoms with E-state index in [0.717, 1.165) is 0 Å². The molecule has 0 bridgehead atoms. The number of hydrogen-bond donors (Lipinski definition) is 2. The van der Waals surface area contributed by atoms with E-state index in [1.807, 2.05) is 0 Å². The fourth-order valence-corrected chi connectivity index (χ4v) is 1.80. The van der Waals surface area contributed by atoms with Crippen LogP contribution in [-0.4, -0.2) is 23.6 Å². The van der Waals surface area contributed by atoms with E-state index in [9.17, 15) is 9.59 Å². The van der Waals surface area contributed by atoms with Crippen molar-refractivity contribution < 1.29 is 23.8 Å². The molecule has 0 aliphatic heterocycles. The number of benzene rings is 1. The van der Waals surface area contributed by atoms with E-state index in [4.69, 9.17) is 14.3 Å². The van der Waals surface area contributed by atoms with Crippen LogP contribution in [0.25, 0.3) is 0 Å². The van der Waals surface area contributed by atoms with E-state index in [-0.39, 0.29) is 18.1 Å². The van der Waals surface area contributed by atoms with Crippen molar-refractivity contribution >= 4 is 17.6 Å². The van der Waals surface area contributed by atoms with Crippen molar-refractivity contribution in [2.45, 2.75) is 19.8 Å². The van der Waals surface area contributed by atoms with Gasteiger partial charge in [0.25, 0.3) is 5.91 Å². The fraction of sp³-hybridized carbons (Fsp3) is 0.250. The summed E-state index contributed by atoms with van der Waals surface area (Å²) in [5.41, 5.74) is 0.622. The average Bonchev–Trinajstić information content (AvgIpc) is 2.92. The molecule has 0 saturated carbocycles. The minimum atomic E-state index is -0.838. The SMILES string of the molecule is Cc1ccc(C(=O)Nc2ccc(OCCCC(=O)O)cc2)o1. The van der Waals surface area contributed by atoms with Crippen molar-refractivity contribution in [2.75, 3.05) is 11.9 Å². The standard InChI is InChI=1S/C16H17NO5/c1-11-4-9-14(22-11)16(20)17-12-5-7-13(8-6-12)21-10-2-3-15(18)19/h4-9H,2-3,10H2,1H3,(H,17,20)(H,18,19). The molecule has 0 fully saturated rings. The quantitative estimate of drug-likeness (QED) is 0.767. The molecule has 1 heterocycles. The van der Waals surface area contributed by atoms with E-state index in [1.165, 1.54) is 0 Å². The van der Waals surface area contributed by atoms with Crippen molar-refractivity contribution in [3.8, 4) is 5.75 Å². The number of carboxylic acids is 1. The van der Waals surface area contributed by atoms with Crippen molar-refractivity contribution in [3.05, 3.63) is 47.9 Å². The third-order valence-electron chi connectivity index (χ3n) is 2.88. The van der Waals surface area contributed by atoms with Crippen molar-refractivity contribution in [1.82, 2.24) is 0 Å². The number of anilines is 1. The Balaban J connectivity index is 1.84. The first-order chi connectivity index (χ1) is 10.5. The van der Waals surface area contributed by atoms with Crippen molar-refractivity contribution in [1.29, 1.82) is 0 Å². The Morgan fingerprint density at radius 3 is 2.50 bits per heavy atom. The number of aliphatic carboxylic acids is 1. The number of ether oxygens (including phenoxy) is 1. The van der Waals surface area contributed by atoms with Crippen LogP contribution in [0.4, 0.5) is 5.69 Å².